The molecule has 2 aromatic carbocycles. The maximum absolute atomic E-state index is 15.3. The van der Waals surface area contributed by atoms with Crippen LogP contribution in [0.1, 0.15) is 23.2 Å². The Bertz CT molecular complexity index is 1960. The summed E-state index contributed by atoms with van der Waals surface area (Å²) in [4.78, 5) is 30.5. The molecule has 232 valence electrons. The molecule has 3 heterocycles. The van der Waals surface area contributed by atoms with Crippen molar-refractivity contribution in [3.8, 4) is 17.2 Å². The number of amides is 1. The molecule has 14 nitrogen and oxygen atoms in total. The fourth-order valence-corrected chi connectivity index (χ4v) is 6.41. The summed E-state index contributed by atoms with van der Waals surface area (Å²) < 4.78 is 79.0. The van der Waals surface area contributed by atoms with Crippen molar-refractivity contribution in [3.05, 3.63) is 82.7 Å². The highest BCUT2D eigenvalue weighted by Crippen LogP contribution is 2.34. The smallest absolute Gasteiger partial charge is 0.312 e. The Morgan fingerprint density at radius 1 is 1.11 bits per heavy atom. The molecular weight excluding hydrogens is 621 g/mol. The molecule has 0 atom stereocenters. The Morgan fingerprint density at radius 3 is 2.55 bits per heavy atom. The van der Waals surface area contributed by atoms with Crippen LogP contribution in [0.25, 0.3) is 11.0 Å². The van der Waals surface area contributed by atoms with E-state index in [9.17, 15) is 31.7 Å². The molecule has 4 aromatic rings. The molecule has 2 N–H and O–H groups in total. The van der Waals surface area contributed by atoms with Crippen LogP contribution >= 0.6 is 0 Å². The van der Waals surface area contributed by atoms with Crippen LogP contribution in [-0.2, 0) is 20.0 Å². The number of nitro groups is 1. The number of alkyl halides is 1. The number of aromatic amines is 1. The molecule has 0 saturated carbocycles. The van der Waals surface area contributed by atoms with Crippen molar-refractivity contribution in [2.75, 3.05) is 26.0 Å². The minimum atomic E-state index is -4.63. The highest BCUT2D eigenvalue weighted by molar-refractivity contribution is 7.90. The molecule has 0 unspecified atom stereocenters. The van der Waals surface area contributed by atoms with E-state index in [1.165, 1.54) is 24.4 Å². The third-order valence-corrected chi connectivity index (χ3v) is 9.60. The molecule has 1 amide bonds. The SMILES string of the molecule is CS(=O)(=O)N1CCC(F)(COc2ccc(S(=O)(=O)NC(=O)c3ccccc3Oc3cnc4[nH]ccc4c3)cc2[N+](=O)[O-])CC1. The average Bonchev–Trinajstić information content (AvgIpc) is 3.44. The number of carbonyl (C=O) groups excluding carboxylic acids is 1. The first-order valence-electron chi connectivity index (χ1n) is 13.1. The van der Waals surface area contributed by atoms with Crippen molar-refractivity contribution in [1.82, 2.24) is 19.0 Å². The van der Waals surface area contributed by atoms with Gasteiger partial charge in [0.15, 0.2) is 5.75 Å². The molecule has 0 radical (unpaired) electrons. The fourth-order valence-electron chi connectivity index (χ4n) is 4.58. The van der Waals surface area contributed by atoms with Crippen LogP contribution in [0.2, 0.25) is 0 Å². The average molecular weight is 648 g/mol. The molecule has 0 spiro atoms. The second kappa shape index (κ2) is 11.8. The molecule has 1 fully saturated rings. The number of piperidine rings is 1. The summed E-state index contributed by atoms with van der Waals surface area (Å²) in [6.07, 6.45) is 3.77. The summed E-state index contributed by atoms with van der Waals surface area (Å²) in [6, 6.07) is 12.0. The van der Waals surface area contributed by atoms with Crippen molar-refractivity contribution in [3.63, 3.8) is 0 Å². The van der Waals surface area contributed by atoms with E-state index in [2.05, 4.69) is 9.97 Å². The molecule has 5 rings (SSSR count). The molecule has 1 aliphatic heterocycles. The highest BCUT2D eigenvalue weighted by Gasteiger charge is 2.38. The van der Waals surface area contributed by atoms with Crippen LogP contribution < -0.4 is 14.2 Å². The monoisotopic (exact) mass is 647 g/mol. The lowest BCUT2D eigenvalue weighted by atomic mass is 9.95. The van der Waals surface area contributed by atoms with Gasteiger partial charge in [-0.05, 0) is 49.2 Å². The van der Waals surface area contributed by atoms with Gasteiger partial charge in [0.25, 0.3) is 15.9 Å². The molecule has 1 aliphatic rings. The van der Waals surface area contributed by atoms with Crippen molar-refractivity contribution in [1.29, 1.82) is 0 Å². The number of sulfonamides is 2. The van der Waals surface area contributed by atoms with E-state index in [-0.39, 0.29) is 37.2 Å². The van der Waals surface area contributed by atoms with Crippen molar-refractivity contribution in [2.24, 2.45) is 0 Å². The number of rotatable bonds is 10. The van der Waals surface area contributed by atoms with Crippen molar-refractivity contribution in [2.45, 2.75) is 23.4 Å². The fraction of sp³-hybridized carbons (Fsp3) is 0.259. The van der Waals surface area contributed by atoms with Gasteiger partial charge in [-0.15, -0.1) is 0 Å². The number of hydrogen-bond acceptors (Lipinski definition) is 10. The third-order valence-electron chi connectivity index (χ3n) is 6.97. The van der Waals surface area contributed by atoms with Crippen LogP contribution in [0.3, 0.4) is 0 Å². The minimum Gasteiger partial charge on any atom is -0.483 e. The number of aromatic nitrogens is 2. The van der Waals surface area contributed by atoms with Crippen LogP contribution in [0, 0.1) is 10.1 Å². The second-order valence-corrected chi connectivity index (χ2v) is 13.8. The molecule has 0 bridgehead atoms. The third kappa shape index (κ3) is 6.79. The number of fused-ring (bicyclic) bond motifs is 1. The normalized spacial score (nSPS) is 15.5. The Hall–Kier alpha value is -4.61. The number of carbonyl (C=O) groups is 1. The predicted molar refractivity (Wildman–Crippen MR) is 155 cm³/mol. The molecule has 44 heavy (non-hydrogen) atoms. The largest absolute Gasteiger partial charge is 0.483 e. The standard InChI is InChI=1S/C27H26FN5O9S2/c1-43(37,38)32-12-9-27(28,10-13-32)17-41-24-7-6-20(15-22(24)33(35)36)44(39,40)31-26(34)21-4-2-3-5-23(21)42-19-14-18-8-11-29-25(18)30-16-19/h2-8,11,14-16H,9-10,12-13,17H2,1H3,(H,29,30)(H,31,34). The summed E-state index contributed by atoms with van der Waals surface area (Å²) in [5.74, 6) is -1.12. The van der Waals surface area contributed by atoms with Gasteiger partial charge in [0.05, 0.1) is 27.8 Å². The topological polar surface area (TPSA) is 191 Å². The van der Waals surface area contributed by atoms with Crippen molar-refractivity contribution >= 4 is 42.7 Å². The predicted octanol–water partition coefficient (Wildman–Crippen LogP) is 3.52. The number of halogens is 1. The van der Waals surface area contributed by atoms with Gasteiger partial charge < -0.3 is 14.5 Å². The van der Waals surface area contributed by atoms with E-state index in [0.717, 1.165) is 28.1 Å². The zero-order valence-electron chi connectivity index (χ0n) is 23.1. The van der Waals surface area contributed by atoms with Gasteiger partial charge in [-0.3, -0.25) is 14.9 Å². The first-order valence-corrected chi connectivity index (χ1v) is 16.4. The van der Waals surface area contributed by atoms with Gasteiger partial charge in [-0.25, -0.2) is 35.2 Å². The minimum absolute atomic E-state index is 0.0362. The van der Waals surface area contributed by atoms with E-state index < -0.39 is 59.5 Å². The number of nitrogens with zero attached hydrogens (tertiary/aromatic N) is 3. The second-order valence-electron chi connectivity index (χ2n) is 10.1. The summed E-state index contributed by atoms with van der Waals surface area (Å²) in [7, 11) is -8.12. The Labute approximate surface area is 251 Å². The summed E-state index contributed by atoms with van der Waals surface area (Å²) in [6.45, 7) is -0.771. The lowest BCUT2D eigenvalue weighted by Gasteiger charge is -2.34. The molecule has 2 aromatic heterocycles. The Balaban J connectivity index is 1.30. The zero-order valence-corrected chi connectivity index (χ0v) is 24.7. The molecular formula is C27H26FN5O9S2. The van der Waals surface area contributed by atoms with Gasteiger partial charge in [0.2, 0.25) is 10.0 Å². The number of hydrogen-bond donors (Lipinski definition) is 2. The maximum Gasteiger partial charge on any atom is 0.312 e. The van der Waals surface area contributed by atoms with Gasteiger partial charge >= 0.3 is 5.69 Å². The van der Waals surface area contributed by atoms with E-state index in [0.29, 0.717) is 17.5 Å². The molecule has 1 saturated heterocycles. The number of nitrogens with one attached hydrogen (secondary N) is 2. The lowest BCUT2D eigenvalue weighted by molar-refractivity contribution is -0.386. The van der Waals surface area contributed by atoms with Crippen LogP contribution in [-0.4, -0.2) is 73.6 Å². The lowest BCUT2D eigenvalue weighted by Crippen LogP contribution is -2.46. The maximum atomic E-state index is 15.3. The van der Waals surface area contributed by atoms with Crippen LogP contribution in [0.15, 0.2) is 71.9 Å². The number of benzene rings is 2. The van der Waals surface area contributed by atoms with E-state index >= 15 is 4.39 Å². The van der Waals surface area contributed by atoms with Gasteiger partial charge in [-0.2, -0.15) is 0 Å². The van der Waals surface area contributed by atoms with Gasteiger partial charge in [-0.1, -0.05) is 12.1 Å². The zero-order chi connectivity index (χ0) is 31.7. The van der Waals surface area contributed by atoms with Crippen molar-refractivity contribution < 1.29 is 40.4 Å². The highest BCUT2D eigenvalue weighted by atomic mass is 32.2. The number of pyridine rings is 1. The van der Waals surface area contributed by atoms with Gasteiger partial charge in [0, 0.05) is 30.7 Å². The summed E-state index contributed by atoms with van der Waals surface area (Å²) in [5.41, 5.74) is -2.23. The first-order chi connectivity index (χ1) is 20.7. The summed E-state index contributed by atoms with van der Waals surface area (Å²) in [5, 5.41) is 12.5. The number of nitro benzene ring substituents is 1. The number of ether oxygens (including phenoxy) is 2. The van der Waals surface area contributed by atoms with E-state index in [4.69, 9.17) is 9.47 Å². The van der Waals surface area contributed by atoms with Crippen LogP contribution in [0.4, 0.5) is 10.1 Å². The summed E-state index contributed by atoms with van der Waals surface area (Å²) >= 11 is 0. The first kappa shape index (κ1) is 30.8. The number of para-hydroxylation sites is 1. The molecule has 17 heteroatoms. The molecule has 0 aliphatic carbocycles. The van der Waals surface area contributed by atoms with Gasteiger partial charge in [0.1, 0.15) is 29.4 Å². The Morgan fingerprint density at radius 2 is 1.84 bits per heavy atom. The van der Waals surface area contributed by atoms with E-state index in [1.54, 1.807) is 24.4 Å². The number of H-pyrrole nitrogens is 1. The van der Waals surface area contributed by atoms with Crippen LogP contribution in [0.5, 0.6) is 17.2 Å². The quantitative estimate of drug-likeness (QED) is 0.190. The Kier molecular flexibility index (Phi) is 8.28. The van der Waals surface area contributed by atoms with E-state index in [1.807, 2.05) is 4.72 Å².